The van der Waals surface area contributed by atoms with E-state index in [1.807, 2.05) is 0 Å². The Hall–Kier alpha value is -4.88. The molecule has 4 aliphatic carbocycles. The van der Waals surface area contributed by atoms with Gasteiger partial charge in [0.25, 0.3) is 0 Å². The summed E-state index contributed by atoms with van der Waals surface area (Å²) in [6, 6.07) is 50.9. The molecule has 53 heavy (non-hydrogen) atoms. The molecule has 0 spiro atoms. The highest BCUT2D eigenvalue weighted by atomic mass is 15.1. The molecule has 1 nitrogen and oxygen atoms in total. The minimum Gasteiger partial charge on any atom is -0.310 e. The monoisotopic (exact) mass is 689 g/mol. The van der Waals surface area contributed by atoms with E-state index < -0.39 is 0 Å². The van der Waals surface area contributed by atoms with Crippen LogP contribution < -0.4 is 4.90 Å². The molecule has 2 bridgehead atoms. The van der Waals surface area contributed by atoms with Gasteiger partial charge in [0, 0.05) is 27.9 Å². The number of fused-ring (bicyclic) bond motifs is 8. The molecule has 0 aromatic heterocycles. The quantitative estimate of drug-likeness (QED) is 0.168. The van der Waals surface area contributed by atoms with Crippen LogP contribution in [0.2, 0.25) is 0 Å². The molecular formula is C52H51N. The lowest BCUT2D eigenvalue weighted by Crippen LogP contribution is -2.31. The molecule has 10 rings (SSSR count). The molecule has 4 aliphatic rings. The van der Waals surface area contributed by atoms with Crippen LogP contribution in [-0.2, 0) is 16.2 Å². The first kappa shape index (κ1) is 32.7. The van der Waals surface area contributed by atoms with E-state index in [0.29, 0.717) is 5.41 Å². The zero-order valence-corrected chi connectivity index (χ0v) is 32.0. The van der Waals surface area contributed by atoms with Crippen LogP contribution >= 0.6 is 0 Å². The lowest BCUT2D eigenvalue weighted by Gasteiger charge is -2.39. The third-order valence-electron chi connectivity index (χ3n) is 14.2. The van der Waals surface area contributed by atoms with Crippen LogP contribution in [0, 0.1) is 11.8 Å². The first-order valence-electron chi connectivity index (χ1n) is 20.2. The maximum Gasteiger partial charge on any atom is 0.0465 e. The predicted octanol–water partition coefficient (Wildman–Crippen LogP) is 14.3. The van der Waals surface area contributed by atoms with Gasteiger partial charge in [-0.15, -0.1) is 0 Å². The van der Waals surface area contributed by atoms with Gasteiger partial charge in [-0.2, -0.15) is 0 Å². The first-order valence-corrected chi connectivity index (χ1v) is 20.2. The van der Waals surface area contributed by atoms with Crippen molar-refractivity contribution in [1.82, 2.24) is 0 Å². The molecule has 3 atom stereocenters. The van der Waals surface area contributed by atoms with Gasteiger partial charge in [0.1, 0.15) is 0 Å². The predicted molar refractivity (Wildman–Crippen MR) is 224 cm³/mol. The molecule has 264 valence electrons. The smallest absolute Gasteiger partial charge is 0.0465 e. The van der Waals surface area contributed by atoms with Crippen molar-refractivity contribution in [2.75, 3.05) is 4.90 Å². The zero-order valence-electron chi connectivity index (χ0n) is 32.0. The molecule has 3 unspecified atom stereocenters. The highest BCUT2D eigenvalue weighted by Gasteiger charge is 2.47. The van der Waals surface area contributed by atoms with E-state index in [9.17, 15) is 0 Å². The average molecular weight is 690 g/mol. The second-order valence-electron chi connectivity index (χ2n) is 17.9. The second-order valence-corrected chi connectivity index (χ2v) is 17.9. The van der Waals surface area contributed by atoms with Gasteiger partial charge in [-0.05, 0) is 147 Å². The van der Waals surface area contributed by atoms with Crippen molar-refractivity contribution in [2.24, 2.45) is 11.8 Å². The van der Waals surface area contributed by atoms with Crippen molar-refractivity contribution < 1.29 is 0 Å². The number of hydrogen-bond acceptors (Lipinski definition) is 1. The molecular weight excluding hydrogens is 639 g/mol. The highest BCUT2D eigenvalue weighted by molar-refractivity contribution is 5.88. The summed E-state index contributed by atoms with van der Waals surface area (Å²) in [6.07, 6.45) is 8.31. The van der Waals surface area contributed by atoms with Crippen molar-refractivity contribution in [3.05, 3.63) is 161 Å². The largest absolute Gasteiger partial charge is 0.310 e. The third kappa shape index (κ3) is 4.96. The first-order chi connectivity index (χ1) is 25.7. The van der Waals surface area contributed by atoms with E-state index in [0.717, 1.165) is 11.8 Å². The zero-order chi connectivity index (χ0) is 36.1. The van der Waals surface area contributed by atoms with Crippen molar-refractivity contribution in [3.8, 4) is 33.4 Å². The van der Waals surface area contributed by atoms with Gasteiger partial charge in [-0.1, -0.05) is 138 Å². The van der Waals surface area contributed by atoms with E-state index in [-0.39, 0.29) is 10.8 Å². The van der Waals surface area contributed by atoms with Crippen LogP contribution in [0.4, 0.5) is 17.1 Å². The summed E-state index contributed by atoms with van der Waals surface area (Å²) < 4.78 is 0. The highest BCUT2D eigenvalue weighted by Crippen LogP contribution is 2.58. The van der Waals surface area contributed by atoms with Gasteiger partial charge < -0.3 is 4.90 Å². The SMILES string of the molecule is CCC1CC2CCC(c3ccc4c(c3)C(C)(C)c3cc(N(c5ccc(-c6ccccc6)cc5)c5ccc6c(c5)C(C)(C)c5ccccc5-6)ccc3-4)(C1)C2. The van der Waals surface area contributed by atoms with Crippen molar-refractivity contribution in [1.29, 1.82) is 0 Å². The van der Waals surface area contributed by atoms with Gasteiger partial charge >= 0.3 is 0 Å². The van der Waals surface area contributed by atoms with Crippen LogP contribution in [0.5, 0.6) is 0 Å². The van der Waals surface area contributed by atoms with E-state index in [1.165, 1.54) is 111 Å². The molecule has 6 aromatic rings. The summed E-state index contributed by atoms with van der Waals surface area (Å²) in [6.45, 7) is 12.1. The maximum absolute atomic E-state index is 2.65. The topological polar surface area (TPSA) is 3.24 Å². The van der Waals surface area contributed by atoms with Crippen molar-refractivity contribution in [2.45, 2.75) is 89.4 Å². The number of benzene rings is 6. The van der Waals surface area contributed by atoms with Gasteiger partial charge in [-0.3, -0.25) is 0 Å². The van der Waals surface area contributed by atoms with Gasteiger partial charge in [0.15, 0.2) is 0 Å². The van der Waals surface area contributed by atoms with Gasteiger partial charge in [0.2, 0.25) is 0 Å². The third-order valence-corrected chi connectivity index (χ3v) is 14.2. The Morgan fingerprint density at radius 3 is 1.75 bits per heavy atom. The van der Waals surface area contributed by atoms with Crippen LogP contribution in [-0.4, -0.2) is 0 Å². The van der Waals surface area contributed by atoms with Crippen LogP contribution in [0.15, 0.2) is 133 Å². The molecule has 2 saturated carbocycles. The molecule has 6 aromatic carbocycles. The average Bonchev–Trinajstić information content (AvgIpc) is 3.72. The Morgan fingerprint density at radius 1 is 0.528 bits per heavy atom. The fourth-order valence-corrected chi connectivity index (χ4v) is 11.3. The standard InChI is InChI=1S/C52H51N/c1-6-34-28-35-26-27-52(32-34,33-35)38-18-23-43-45-25-22-41(31-49(45)51(4,5)47(43)29-38)53(39-19-16-37(17-20-39)36-12-8-7-9-13-36)40-21-24-44-42-14-10-11-15-46(42)50(2,3)48(44)30-40/h7-25,29-31,34-35H,6,26-28,32-33H2,1-5H3. The molecule has 2 fully saturated rings. The fraction of sp³-hybridized carbons (Fsp3) is 0.308. The summed E-state index contributed by atoms with van der Waals surface area (Å²) in [5.41, 5.74) is 19.1. The van der Waals surface area contributed by atoms with Gasteiger partial charge in [0.05, 0.1) is 0 Å². The van der Waals surface area contributed by atoms with Gasteiger partial charge in [-0.25, -0.2) is 0 Å². The summed E-state index contributed by atoms with van der Waals surface area (Å²) >= 11 is 0. The number of hydrogen-bond donors (Lipinski definition) is 0. The normalized spacial score (nSPS) is 22.5. The van der Waals surface area contributed by atoms with Crippen LogP contribution in [0.25, 0.3) is 33.4 Å². The molecule has 0 amide bonds. The van der Waals surface area contributed by atoms with E-state index in [1.54, 1.807) is 5.56 Å². The second kappa shape index (κ2) is 11.8. The Balaban J connectivity index is 1.08. The van der Waals surface area contributed by atoms with Crippen LogP contribution in [0.3, 0.4) is 0 Å². The molecule has 1 heteroatoms. The summed E-state index contributed by atoms with van der Waals surface area (Å²) in [5.74, 6) is 1.80. The molecule has 0 heterocycles. The Labute approximate surface area is 316 Å². The van der Waals surface area contributed by atoms with E-state index >= 15 is 0 Å². The van der Waals surface area contributed by atoms with E-state index in [4.69, 9.17) is 0 Å². The van der Waals surface area contributed by atoms with E-state index in [2.05, 4.69) is 173 Å². The molecule has 0 N–H and O–H groups in total. The molecule has 0 aliphatic heterocycles. The minimum atomic E-state index is -0.0887. The summed E-state index contributed by atoms with van der Waals surface area (Å²) in [7, 11) is 0. The molecule has 0 radical (unpaired) electrons. The number of anilines is 3. The van der Waals surface area contributed by atoms with Crippen molar-refractivity contribution >= 4 is 17.1 Å². The van der Waals surface area contributed by atoms with Crippen LogP contribution in [0.1, 0.15) is 101 Å². The van der Waals surface area contributed by atoms with Crippen molar-refractivity contribution in [3.63, 3.8) is 0 Å². The number of nitrogens with zero attached hydrogens (tertiary/aromatic N) is 1. The minimum absolute atomic E-state index is 0.0711. The number of rotatable bonds is 6. The lowest BCUT2D eigenvalue weighted by atomic mass is 9.66. The maximum atomic E-state index is 2.65. The fourth-order valence-electron chi connectivity index (χ4n) is 11.3. The Bertz CT molecular complexity index is 2380. The Morgan fingerprint density at radius 2 is 1.08 bits per heavy atom. The Kier molecular flexibility index (Phi) is 7.30. The lowest BCUT2D eigenvalue weighted by molar-refractivity contribution is 0.219. The molecule has 0 saturated heterocycles. The summed E-state index contributed by atoms with van der Waals surface area (Å²) in [5, 5.41) is 0. The summed E-state index contributed by atoms with van der Waals surface area (Å²) in [4.78, 5) is 2.49.